The van der Waals surface area contributed by atoms with Gasteiger partial charge in [-0.05, 0) is 37.5 Å². The molecule has 21 heavy (non-hydrogen) atoms. The van der Waals surface area contributed by atoms with E-state index < -0.39 is 8.07 Å². The highest BCUT2D eigenvalue weighted by molar-refractivity contribution is 6.88. The Labute approximate surface area is 130 Å². The number of benzene rings is 2. The van der Waals surface area contributed by atoms with Crippen LogP contribution in [0.1, 0.15) is 22.3 Å². The van der Waals surface area contributed by atoms with Gasteiger partial charge in [-0.1, -0.05) is 66.8 Å². The highest BCUT2D eigenvalue weighted by atomic mass is 28.3. The summed E-state index contributed by atoms with van der Waals surface area (Å²) in [6.45, 7) is 14.1. The first-order valence-electron chi connectivity index (χ1n) is 7.57. The number of rotatable bonds is 4. The lowest BCUT2D eigenvalue weighted by molar-refractivity contribution is 0.302. The normalized spacial score (nSPS) is 11.5. The summed E-state index contributed by atoms with van der Waals surface area (Å²) in [5, 5.41) is 1.49. The Bertz CT molecular complexity index is 598. The fourth-order valence-electron chi connectivity index (χ4n) is 2.65. The lowest BCUT2D eigenvalue weighted by Gasteiger charge is -2.17. The Balaban J connectivity index is 2.10. The van der Waals surface area contributed by atoms with E-state index in [-0.39, 0.29) is 0 Å². The maximum atomic E-state index is 6.05. The van der Waals surface area contributed by atoms with Crippen LogP contribution >= 0.6 is 0 Å². The molecule has 0 aliphatic heterocycles. The summed E-state index contributed by atoms with van der Waals surface area (Å²) < 4.78 is 6.05. The van der Waals surface area contributed by atoms with Gasteiger partial charge in [-0.15, -0.1) is 0 Å². The molecule has 0 radical (unpaired) electrons. The molecule has 0 aliphatic rings. The van der Waals surface area contributed by atoms with Gasteiger partial charge in [0, 0.05) is 0 Å². The zero-order valence-corrected chi connectivity index (χ0v) is 15.1. The Morgan fingerprint density at radius 1 is 0.857 bits per heavy atom. The topological polar surface area (TPSA) is 9.23 Å². The van der Waals surface area contributed by atoms with Gasteiger partial charge in [0.25, 0.3) is 0 Å². The van der Waals surface area contributed by atoms with Gasteiger partial charge in [0.05, 0.1) is 8.07 Å². The summed E-state index contributed by atoms with van der Waals surface area (Å²) >= 11 is 0. The number of ether oxygens (including phenoxy) is 1. The molecule has 0 saturated heterocycles. The molecule has 0 aromatic heterocycles. The standard InChI is InChI=1S/C19H26OSi/c1-14-11-15(2)19(16(3)12-14)20-13-17-7-9-18(10-8-17)21(4,5)6/h7-12H,13H2,1-6H3. The van der Waals surface area contributed by atoms with E-state index >= 15 is 0 Å². The second kappa shape index (κ2) is 6.06. The third-order valence-electron chi connectivity index (χ3n) is 3.81. The van der Waals surface area contributed by atoms with Crippen LogP contribution in [0.5, 0.6) is 5.75 Å². The molecular weight excluding hydrogens is 272 g/mol. The van der Waals surface area contributed by atoms with Crippen molar-refractivity contribution in [3.8, 4) is 5.75 Å². The Kier molecular flexibility index (Phi) is 4.57. The average Bonchev–Trinajstić information content (AvgIpc) is 2.37. The fraction of sp³-hybridized carbons (Fsp3) is 0.368. The summed E-state index contributed by atoms with van der Waals surface area (Å²) in [4.78, 5) is 0. The minimum atomic E-state index is -1.21. The zero-order chi connectivity index (χ0) is 15.6. The molecule has 0 fully saturated rings. The van der Waals surface area contributed by atoms with Crippen LogP contribution in [0.15, 0.2) is 36.4 Å². The van der Waals surface area contributed by atoms with Crippen molar-refractivity contribution in [2.75, 3.05) is 0 Å². The van der Waals surface area contributed by atoms with E-state index in [0.29, 0.717) is 6.61 Å². The molecule has 0 atom stereocenters. The van der Waals surface area contributed by atoms with Gasteiger partial charge in [0.2, 0.25) is 0 Å². The molecule has 0 spiro atoms. The van der Waals surface area contributed by atoms with Gasteiger partial charge >= 0.3 is 0 Å². The van der Waals surface area contributed by atoms with Crippen molar-refractivity contribution in [1.29, 1.82) is 0 Å². The number of hydrogen-bond donors (Lipinski definition) is 0. The maximum Gasteiger partial charge on any atom is 0.125 e. The first kappa shape index (κ1) is 15.8. The van der Waals surface area contributed by atoms with Crippen LogP contribution in [0, 0.1) is 20.8 Å². The summed E-state index contributed by atoms with van der Waals surface area (Å²) in [6.07, 6.45) is 0. The van der Waals surface area contributed by atoms with Crippen LogP contribution in [0.3, 0.4) is 0 Å². The molecule has 0 amide bonds. The predicted octanol–water partition coefficient (Wildman–Crippen LogP) is 4.74. The largest absolute Gasteiger partial charge is 0.488 e. The monoisotopic (exact) mass is 298 g/mol. The van der Waals surface area contributed by atoms with Crippen molar-refractivity contribution < 1.29 is 4.74 Å². The van der Waals surface area contributed by atoms with E-state index in [2.05, 4.69) is 76.8 Å². The summed E-state index contributed by atoms with van der Waals surface area (Å²) in [5.41, 5.74) is 4.95. The second-order valence-corrected chi connectivity index (χ2v) is 12.0. The molecule has 0 saturated carbocycles. The van der Waals surface area contributed by atoms with E-state index in [1.807, 2.05) is 0 Å². The Morgan fingerprint density at radius 3 is 1.86 bits per heavy atom. The molecule has 0 heterocycles. The second-order valence-electron chi connectivity index (χ2n) is 6.96. The van der Waals surface area contributed by atoms with Gasteiger partial charge in [0.15, 0.2) is 0 Å². The van der Waals surface area contributed by atoms with Crippen LogP contribution in [-0.2, 0) is 6.61 Å². The molecule has 0 bridgehead atoms. The first-order valence-corrected chi connectivity index (χ1v) is 11.1. The van der Waals surface area contributed by atoms with Gasteiger partial charge in [0.1, 0.15) is 12.4 Å². The summed E-state index contributed by atoms with van der Waals surface area (Å²) in [7, 11) is -1.21. The maximum absolute atomic E-state index is 6.05. The van der Waals surface area contributed by atoms with Crippen LogP contribution in [0.25, 0.3) is 0 Å². The van der Waals surface area contributed by atoms with Crippen molar-refractivity contribution >= 4 is 13.3 Å². The summed E-state index contributed by atoms with van der Waals surface area (Å²) in [5.74, 6) is 1.02. The first-order chi connectivity index (χ1) is 9.77. The summed E-state index contributed by atoms with van der Waals surface area (Å²) in [6, 6.07) is 13.3. The number of hydrogen-bond acceptors (Lipinski definition) is 1. The van der Waals surface area contributed by atoms with Crippen molar-refractivity contribution in [3.63, 3.8) is 0 Å². The number of aryl methyl sites for hydroxylation is 3. The Morgan fingerprint density at radius 2 is 1.38 bits per heavy atom. The van der Waals surface area contributed by atoms with Crippen molar-refractivity contribution in [2.45, 2.75) is 47.0 Å². The highest BCUT2D eigenvalue weighted by Gasteiger charge is 2.15. The predicted molar refractivity (Wildman–Crippen MR) is 94.4 cm³/mol. The fourth-order valence-corrected chi connectivity index (χ4v) is 3.82. The quantitative estimate of drug-likeness (QED) is 0.741. The Hall–Kier alpha value is -1.54. The van der Waals surface area contributed by atoms with Crippen molar-refractivity contribution in [2.24, 2.45) is 0 Å². The van der Waals surface area contributed by atoms with Crippen LogP contribution < -0.4 is 9.92 Å². The molecule has 1 nitrogen and oxygen atoms in total. The van der Waals surface area contributed by atoms with Crippen LogP contribution in [0.2, 0.25) is 19.6 Å². The van der Waals surface area contributed by atoms with E-state index in [1.165, 1.54) is 27.4 Å². The molecule has 2 aromatic carbocycles. The van der Waals surface area contributed by atoms with Crippen LogP contribution in [-0.4, -0.2) is 8.07 Å². The third-order valence-corrected chi connectivity index (χ3v) is 5.87. The van der Waals surface area contributed by atoms with Gasteiger partial charge < -0.3 is 4.74 Å². The third kappa shape index (κ3) is 3.98. The van der Waals surface area contributed by atoms with Crippen LogP contribution in [0.4, 0.5) is 0 Å². The minimum Gasteiger partial charge on any atom is -0.488 e. The lowest BCUT2D eigenvalue weighted by Crippen LogP contribution is -2.37. The molecule has 2 rings (SSSR count). The molecule has 0 aliphatic carbocycles. The average molecular weight is 299 g/mol. The molecule has 112 valence electrons. The molecular formula is C19H26OSi. The van der Waals surface area contributed by atoms with E-state index in [0.717, 1.165) is 5.75 Å². The van der Waals surface area contributed by atoms with E-state index in [4.69, 9.17) is 4.74 Å². The molecule has 2 aromatic rings. The van der Waals surface area contributed by atoms with Gasteiger partial charge in [-0.2, -0.15) is 0 Å². The zero-order valence-electron chi connectivity index (χ0n) is 14.1. The smallest absolute Gasteiger partial charge is 0.125 e. The van der Waals surface area contributed by atoms with E-state index in [1.54, 1.807) is 0 Å². The highest BCUT2D eigenvalue weighted by Crippen LogP contribution is 2.25. The lowest BCUT2D eigenvalue weighted by atomic mass is 10.1. The minimum absolute atomic E-state index is 0.636. The molecule has 2 heteroatoms. The molecule has 0 N–H and O–H groups in total. The van der Waals surface area contributed by atoms with Gasteiger partial charge in [-0.25, -0.2) is 0 Å². The van der Waals surface area contributed by atoms with Gasteiger partial charge in [-0.3, -0.25) is 0 Å². The van der Waals surface area contributed by atoms with Crippen molar-refractivity contribution in [1.82, 2.24) is 0 Å². The molecule has 0 unspecified atom stereocenters. The van der Waals surface area contributed by atoms with E-state index in [9.17, 15) is 0 Å². The van der Waals surface area contributed by atoms with Crippen molar-refractivity contribution in [3.05, 3.63) is 58.7 Å². The SMILES string of the molecule is Cc1cc(C)c(OCc2ccc([Si](C)(C)C)cc2)c(C)c1.